The molecule has 2 aromatic rings. The quantitative estimate of drug-likeness (QED) is 0.844. The van der Waals surface area contributed by atoms with E-state index in [1.807, 2.05) is 25.1 Å². The molecule has 90 valence electrons. The first-order valence-electron chi connectivity index (χ1n) is 6.05. The lowest BCUT2D eigenvalue weighted by molar-refractivity contribution is 0.178. The number of hydrogen-bond acceptors (Lipinski definition) is 2. The van der Waals surface area contributed by atoms with Crippen molar-refractivity contribution in [3.05, 3.63) is 48.0 Å². The lowest BCUT2D eigenvalue weighted by atomic mass is 9.88. The van der Waals surface area contributed by atoms with Gasteiger partial charge in [0.15, 0.2) is 0 Å². The Morgan fingerprint density at radius 1 is 1.12 bits per heavy atom. The second-order valence-corrected chi connectivity index (χ2v) is 4.55. The number of fused-ring (bicyclic) bond motifs is 1. The van der Waals surface area contributed by atoms with E-state index in [2.05, 4.69) is 36.5 Å². The van der Waals surface area contributed by atoms with E-state index in [0.29, 0.717) is 0 Å². The number of nitrogens with one attached hydrogen (secondary N) is 1. The molecule has 0 aliphatic carbocycles. The summed E-state index contributed by atoms with van der Waals surface area (Å²) >= 11 is 0. The van der Waals surface area contributed by atoms with E-state index >= 15 is 0 Å². The second-order valence-electron chi connectivity index (χ2n) is 4.55. The fourth-order valence-electron chi connectivity index (χ4n) is 2.33. The summed E-state index contributed by atoms with van der Waals surface area (Å²) in [7, 11) is 0. The largest absolute Gasteiger partial charge is 0.394 e. The van der Waals surface area contributed by atoms with Crippen LogP contribution in [0.4, 0.5) is 0 Å². The van der Waals surface area contributed by atoms with Gasteiger partial charge in [-0.2, -0.15) is 0 Å². The van der Waals surface area contributed by atoms with Crippen molar-refractivity contribution >= 4 is 10.8 Å². The zero-order valence-electron chi connectivity index (χ0n) is 10.4. The maximum atomic E-state index is 9.67. The molecule has 1 atom stereocenters. The van der Waals surface area contributed by atoms with Crippen molar-refractivity contribution in [2.75, 3.05) is 13.2 Å². The van der Waals surface area contributed by atoms with Crippen molar-refractivity contribution in [2.45, 2.75) is 19.4 Å². The normalized spacial score (nSPS) is 14.8. The molecule has 2 rings (SSSR count). The van der Waals surface area contributed by atoms with Crippen LogP contribution in [-0.4, -0.2) is 18.3 Å². The van der Waals surface area contributed by atoms with E-state index in [1.165, 1.54) is 10.8 Å². The molecule has 0 heterocycles. The van der Waals surface area contributed by atoms with Gasteiger partial charge in [-0.05, 0) is 29.8 Å². The number of rotatable bonds is 4. The van der Waals surface area contributed by atoms with Crippen LogP contribution < -0.4 is 5.32 Å². The van der Waals surface area contributed by atoms with Crippen molar-refractivity contribution in [1.82, 2.24) is 5.32 Å². The van der Waals surface area contributed by atoms with Gasteiger partial charge in [0.1, 0.15) is 0 Å². The lowest BCUT2D eigenvalue weighted by Crippen LogP contribution is -2.42. The summed E-state index contributed by atoms with van der Waals surface area (Å²) in [5, 5.41) is 15.4. The van der Waals surface area contributed by atoms with Crippen LogP contribution in [0.2, 0.25) is 0 Å². The Morgan fingerprint density at radius 2 is 1.82 bits per heavy atom. The minimum Gasteiger partial charge on any atom is -0.394 e. The predicted octanol–water partition coefficient (Wildman–Crippen LogP) is 2.66. The van der Waals surface area contributed by atoms with E-state index in [4.69, 9.17) is 0 Å². The van der Waals surface area contributed by atoms with Gasteiger partial charge in [0.25, 0.3) is 0 Å². The molecule has 17 heavy (non-hydrogen) atoms. The molecule has 0 aliphatic heterocycles. The van der Waals surface area contributed by atoms with Gasteiger partial charge >= 0.3 is 0 Å². The minimum atomic E-state index is -0.379. The third kappa shape index (κ3) is 2.19. The Morgan fingerprint density at radius 3 is 2.53 bits per heavy atom. The van der Waals surface area contributed by atoms with Crippen molar-refractivity contribution in [2.24, 2.45) is 0 Å². The maximum Gasteiger partial charge on any atom is 0.0652 e. The molecule has 0 radical (unpaired) electrons. The fraction of sp³-hybridized carbons (Fsp3) is 0.333. The molecule has 0 bridgehead atoms. The average molecular weight is 229 g/mol. The Bertz CT molecular complexity index is 504. The van der Waals surface area contributed by atoms with E-state index < -0.39 is 0 Å². The average Bonchev–Trinajstić information content (AvgIpc) is 2.38. The van der Waals surface area contributed by atoms with Gasteiger partial charge in [0.05, 0.1) is 12.1 Å². The lowest BCUT2D eigenvalue weighted by Gasteiger charge is -2.30. The molecule has 0 aliphatic rings. The number of benzene rings is 2. The van der Waals surface area contributed by atoms with Crippen LogP contribution in [0.3, 0.4) is 0 Å². The van der Waals surface area contributed by atoms with Gasteiger partial charge in [-0.3, -0.25) is 0 Å². The Labute approximate surface area is 102 Å². The summed E-state index contributed by atoms with van der Waals surface area (Å²) in [5.74, 6) is 0. The Balaban J connectivity index is 2.61. The Hall–Kier alpha value is -1.38. The fourth-order valence-corrected chi connectivity index (χ4v) is 2.33. The molecular formula is C15H19NO. The van der Waals surface area contributed by atoms with Crippen molar-refractivity contribution in [3.8, 4) is 0 Å². The summed E-state index contributed by atoms with van der Waals surface area (Å²) in [6.07, 6.45) is 0. The zero-order valence-corrected chi connectivity index (χ0v) is 10.4. The van der Waals surface area contributed by atoms with Crippen molar-refractivity contribution in [1.29, 1.82) is 0 Å². The second kappa shape index (κ2) is 4.86. The first-order valence-corrected chi connectivity index (χ1v) is 6.05. The van der Waals surface area contributed by atoms with E-state index in [0.717, 1.165) is 12.1 Å². The summed E-state index contributed by atoms with van der Waals surface area (Å²) in [6.45, 7) is 5.02. The van der Waals surface area contributed by atoms with Crippen molar-refractivity contribution < 1.29 is 5.11 Å². The molecular weight excluding hydrogens is 210 g/mol. The monoisotopic (exact) mass is 229 g/mol. The summed E-state index contributed by atoms with van der Waals surface area (Å²) in [6, 6.07) is 14.5. The minimum absolute atomic E-state index is 0.0921. The van der Waals surface area contributed by atoms with Gasteiger partial charge in [-0.1, -0.05) is 49.4 Å². The molecule has 2 N–H and O–H groups in total. The highest BCUT2D eigenvalue weighted by molar-refractivity contribution is 5.86. The highest BCUT2D eigenvalue weighted by atomic mass is 16.3. The van der Waals surface area contributed by atoms with E-state index in [9.17, 15) is 5.11 Å². The predicted molar refractivity (Wildman–Crippen MR) is 72.1 cm³/mol. The molecule has 2 nitrogen and oxygen atoms in total. The number of aliphatic hydroxyl groups is 1. The maximum absolute atomic E-state index is 9.67. The van der Waals surface area contributed by atoms with Crippen LogP contribution in [-0.2, 0) is 5.54 Å². The Kier molecular flexibility index (Phi) is 3.46. The highest BCUT2D eigenvalue weighted by Crippen LogP contribution is 2.28. The van der Waals surface area contributed by atoms with Crippen LogP contribution in [0, 0.1) is 0 Å². The summed E-state index contributed by atoms with van der Waals surface area (Å²) in [5.41, 5.74) is 0.773. The van der Waals surface area contributed by atoms with Crippen LogP contribution in [0.15, 0.2) is 42.5 Å². The smallest absolute Gasteiger partial charge is 0.0652 e. The number of aliphatic hydroxyl groups excluding tert-OH is 1. The van der Waals surface area contributed by atoms with Gasteiger partial charge in [0.2, 0.25) is 0 Å². The van der Waals surface area contributed by atoms with E-state index in [1.54, 1.807) is 0 Å². The molecule has 2 heteroatoms. The highest BCUT2D eigenvalue weighted by Gasteiger charge is 2.25. The third-order valence-corrected chi connectivity index (χ3v) is 3.27. The third-order valence-electron chi connectivity index (χ3n) is 3.27. The van der Waals surface area contributed by atoms with E-state index in [-0.39, 0.29) is 12.1 Å². The molecule has 0 saturated heterocycles. The number of likely N-dealkylation sites (N-methyl/N-ethyl adjacent to an activating group) is 1. The topological polar surface area (TPSA) is 32.3 Å². The number of hydrogen-bond donors (Lipinski definition) is 2. The molecule has 1 unspecified atom stereocenters. The SMILES string of the molecule is CCNC(C)(CO)c1cccc2ccccc12. The first kappa shape index (κ1) is 12.1. The molecule has 2 aromatic carbocycles. The molecule has 0 aromatic heterocycles. The van der Waals surface area contributed by atoms with Gasteiger partial charge in [-0.15, -0.1) is 0 Å². The van der Waals surface area contributed by atoms with Gasteiger partial charge in [0, 0.05) is 0 Å². The van der Waals surface area contributed by atoms with Crippen LogP contribution in [0.1, 0.15) is 19.4 Å². The zero-order chi connectivity index (χ0) is 12.3. The molecule has 0 fully saturated rings. The van der Waals surface area contributed by atoms with Crippen LogP contribution in [0.5, 0.6) is 0 Å². The first-order chi connectivity index (χ1) is 8.21. The standard InChI is InChI=1S/C15H19NO/c1-3-16-15(2,11-17)14-10-6-8-12-7-4-5-9-13(12)14/h4-10,16-17H,3,11H2,1-2H3. The van der Waals surface area contributed by atoms with Crippen LogP contribution in [0.25, 0.3) is 10.8 Å². The van der Waals surface area contributed by atoms with Crippen LogP contribution >= 0.6 is 0 Å². The summed E-state index contributed by atoms with van der Waals surface area (Å²) < 4.78 is 0. The van der Waals surface area contributed by atoms with Gasteiger partial charge < -0.3 is 10.4 Å². The molecule has 0 spiro atoms. The van der Waals surface area contributed by atoms with Gasteiger partial charge in [-0.25, -0.2) is 0 Å². The molecule has 0 saturated carbocycles. The summed E-state index contributed by atoms with van der Waals surface area (Å²) in [4.78, 5) is 0. The van der Waals surface area contributed by atoms with Crippen molar-refractivity contribution in [3.63, 3.8) is 0 Å². The molecule has 0 amide bonds.